The minimum Gasteiger partial charge on any atom is -0.478 e. The van der Waals surface area contributed by atoms with Crippen LogP contribution in [0.3, 0.4) is 0 Å². The van der Waals surface area contributed by atoms with Crippen LogP contribution in [0.5, 0.6) is 0 Å². The standard InChI is InChI=1S/C39H58N2O3.C3H6.3C2H2/c1-35(2)28(26-10-12-27(13-11-26)34(43)44)16-20-36(3)31(35)17-21-38(5)32(36)15-14-29-30-9-8-19-39(30,23-22-37(29,38)4)25-40-24-18-33(42)41(6)7;1-3-2;3*1-2/h10-13,16,29-32,40H,8-9,14-15,17-25H2,1-7H3,(H,43,44);3H,1H2,2H3;3*1-2H/t29-,30?,31?,32?,36+,37-,38-,39-;;;;/m1..../s1. The van der Waals surface area contributed by atoms with Crippen LogP contribution in [0, 0.1) is 89.3 Å². The van der Waals surface area contributed by atoms with Gasteiger partial charge in [0.25, 0.3) is 0 Å². The number of benzene rings is 1. The summed E-state index contributed by atoms with van der Waals surface area (Å²) in [5, 5.41) is 13.2. The summed E-state index contributed by atoms with van der Waals surface area (Å²) in [5.74, 6) is 2.32. The normalized spacial score (nSPS) is 34.0. The number of hydrogen-bond donors (Lipinski definition) is 2. The fourth-order valence-corrected chi connectivity index (χ4v) is 12.7. The van der Waals surface area contributed by atoms with E-state index in [-0.39, 0.29) is 16.7 Å². The molecule has 290 valence electrons. The summed E-state index contributed by atoms with van der Waals surface area (Å²) in [5.41, 5.74) is 4.43. The maximum atomic E-state index is 12.2. The summed E-state index contributed by atoms with van der Waals surface area (Å²) in [6, 6.07) is 7.61. The first-order valence-electron chi connectivity index (χ1n) is 19.6. The highest BCUT2D eigenvalue weighted by atomic mass is 16.4. The van der Waals surface area contributed by atoms with Crippen LogP contribution in [0.4, 0.5) is 0 Å². The minimum atomic E-state index is -0.859. The van der Waals surface area contributed by atoms with Crippen LogP contribution >= 0.6 is 0 Å². The van der Waals surface area contributed by atoms with Gasteiger partial charge in [-0.3, -0.25) is 4.79 Å². The average Bonchev–Trinajstić information content (AvgIpc) is 3.57. The number of terminal acetylenes is 3. The molecule has 0 aromatic heterocycles. The molecule has 1 amide bonds. The Morgan fingerprint density at radius 3 is 2.02 bits per heavy atom. The SMILES string of the molecule is C#C.C#C.C#C.C=CC.CN(C)C(=O)CCNC[C@]12CCCC1[C@H]1CCC3[C@@]4(C)CC=C(c5ccc(C(=O)O)cc5)C(C)(C)C4CC[C@@]3(C)[C@]1(C)CC2. The number of rotatable bonds is 7. The maximum Gasteiger partial charge on any atom is 0.335 e. The van der Waals surface area contributed by atoms with E-state index in [0.717, 1.165) is 37.3 Å². The third kappa shape index (κ3) is 8.20. The Hall–Kier alpha value is -3.72. The molecule has 8 atom stereocenters. The van der Waals surface area contributed by atoms with E-state index in [1.165, 1.54) is 68.9 Å². The van der Waals surface area contributed by atoms with Crippen LogP contribution < -0.4 is 5.32 Å². The molecule has 53 heavy (non-hydrogen) atoms. The molecule has 0 saturated heterocycles. The number of nitrogens with zero attached hydrogens (tertiary/aromatic N) is 1. The number of hydrogen-bond acceptors (Lipinski definition) is 3. The molecule has 6 rings (SSSR count). The second-order valence-electron chi connectivity index (χ2n) is 17.6. The minimum absolute atomic E-state index is 0.0453. The maximum absolute atomic E-state index is 12.2. The fourth-order valence-electron chi connectivity index (χ4n) is 12.7. The van der Waals surface area contributed by atoms with Gasteiger partial charge in [-0.05, 0) is 139 Å². The van der Waals surface area contributed by atoms with Gasteiger partial charge in [0.1, 0.15) is 0 Å². The van der Waals surface area contributed by atoms with Crippen LogP contribution in [-0.2, 0) is 4.79 Å². The Bertz CT molecular complexity index is 1480. The summed E-state index contributed by atoms with van der Waals surface area (Å²) in [6.07, 6.45) is 42.1. The highest BCUT2D eigenvalue weighted by Gasteiger charge is 2.69. The van der Waals surface area contributed by atoms with Crippen molar-refractivity contribution in [3.05, 3.63) is 54.1 Å². The van der Waals surface area contributed by atoms with E-state index in [0.29, 0.717) is 34.1 Å². The van der Waals surface area contributed by atoms with Crippen LogP contribution in [0.2, 0.25) is 0 Å². The zero-order valence-electron chi connectivity index (χ0n) is 34.3. The molecule has 4 saturated carbocycles. The van der Waals surface area contributed by atoms with Crippen molar-refractivity contribution in [1.29, 1.82) is 0 Å². The first kappa shape index (κ1) is 45.4. The van der Waals surface area contributed by atoms with Crippen LogP contribution in [0.15, 0.2) is 43.0 Å². The summed E-state index contributed by atoms with van der Waals surface area (Å²) in [7, 11) is 3.71. The Labute approximate surface area is 324 Å². The molecule has 1 aromatic rings. The molecule has 0 bridgehead atoms. The van der Waals surface area contributed by atoms with Gasteiger partial charge in [0.05, 0.1) is 5.56 Å². The van der Waals surface area contributed by atoms with Crippen molar-refractivity contribution in [1.82, 2.24) is 10.2 Å². The smallest absolute Gasteiger partial charge is 0.335 e. The van der Waals surface area contributed by atoms with Crippen LogP contribution in [0.1, 0.15) is 128 Å². The van der Waals surface area contributed by atoms with Crippen molar-refractivity contribution in [3.63, 3.8) is 0 Å². The predicted molar refractivity (Wildman–Crippen MR) is 224 cm³/mol. The molecule has 0 heterocycles. The van der Waals surface area contributed by atoms with Gasteiger partial charge >= 0.3 is 5.97 Å². The molecule has 4 fully saturated rings. The Balaban J connectivity index is 0.000000998. The van der Waals surface area contributed by atoms with E-state index in [9.17, 15) is 14.7 Å². The van der Waals surface area contributed by atoms with Crippen LogP contribution in [0.25, 0.3) is 5.57 Å². The summed E-state index contributed by atoms with van der Waals surface area (Å²) in [4.78, 5) is 25.4. The highest BCUT2D eigenvalue weighted by Crippen LogP contribution is 2.77. The zero-order chi connectivity index (χ0) is 40.4. The lowest BCUT2D eigenvalue weighted by atomic mass is 9.32. The average molecular weight is 723 g/mol. The van der Waals surface area contributed by atoms with E-state index in [1.54, 1.807) is 23.1 Å². The number of allylic oxidation sites excluding steroid dienone is 3. The quantitative estimate of drug-likeness (QED) is 0.167. The van der Waals surface area contributed by atoms with Gasteiger partial charge in [-0.15, -0.1) is 45.1 Å². The number of carboxylic acids is 1. The van der Waals surface area contributed by atoms with Gasteiger partial charge in [0.15, 0.2) is 0 Å². The Morgan fingerprint density at radius 2 is 1.45 bits per heavy atom. The number of carboxylic acid groups (broad SMARTS) is 1. The second kappa shape index (κ2) is 18.5. The summed E-state index contributed by atoms with van der Waals surface area (Å²) in [6.45, 7) is 20.1. The van der Waals surface area contributed by atoms with Gasteiger partial charge in [0, 0.05) is 33.6 Å². The van der Waals surface area contributed by atoms with Crippen LogP contribution in [-0.4, -0.2) is 49.1 Å². The van der Waals surface area contributed by atoms with Crippen molar-refractivity contribution < 1.29 is 14.7 Å². The van der Waals surface area contributed by atoms with Crippen molar-refractivity contribution in [3.8, 4) is 38.5 Å². The Morgan fingerprint density at radius 1 is 0.849 bits per heavy atom. The molecule has 0 radical (unpaired) electrons. The molecule has 3 unspecified atom stereocenters. The topological polar surface area (TPSA) is 69.6 Å². The van der Waals surface area contributed by atoms with E-state index in [4.69, 9.17) is 0 Å². The van der Waals surface area contributed by atoms with E-state index in [2.05, 4.69) is 91.1 Å². The first-order chi connectivity index (χ1) is 25.1. The largest absolute Gasteiger partial charge is 0.478 e. The molecule has 1 aromatic carbocycles. The highest BCUT2D eigenvalue weighted by molar-refractivity contribution is 5.88. The predicted octanol–water partition coefficient (Wildman–Crippen LogP) is 10.2. The number of carbonyl (C=O) groups is 2. The van der Waals surface area contributed by atoms with Gasteiger partial charge < -0.3 is 15.3 Å². The van der Waals surface area contributed by atoms with Crippen molar-refractivity contribution in [2.75, 3.05) is 27.2 Å². The summed E-state index contributed by atoms with van der Waals surface area (Å²) >= 11 is 0. The molecule has 5 nitrogen and oxygen atoms in total. The second-order valence-corrected chi connectivity index (χ2v) is 17.6. The van der Waals surface area contributed by atoms with Gasteiger partial charge in [-0.25, -0.2) is 4.79 Å². The monoisotopic (exact) mass is 723 g/mol. The lowest BCUT2D eigenvalue weighted by molar-refractivity contribution is -0.222. The van der Waals surface area contributed by atoms with E-state index >= 15 is 0 Å². The lowest BCUT2D eigenvalue weighted by Crippen LogP contribution is -2.65. The molecule has 5 aliphatic carbocycles. The molecular weight excluding hydrogens is 653 g/mol. The number of carbonyl (C=O) groups excluding carboxylic acids is 1. The zero-order valence-corrected chi connectivity index (χ0v) is 34.3. The molecule has 0 spiro atoms. The lowest BCUT2D eigenvalue weighted by Gasteiger charge is -2.72. The van der Waals surface area contributed by atoms with Crippen molar-refractivity contribution >= 4 is 17.4 Å². The van der Waals surface area contributed by atoms with Crippen molar-refractivity contribution in [2.45, 2.75) is 112 Å². The third-order valence-electron chi connectivity index (χ3n) is 15.1. The van der Waals surface area contributed by atoms with E-state index < -0.39 is 5.97 Å². The number of amides is 1. The van der Waals surface area contributed by atoms with Crippen molar-refractivity contribution in [2.24, 2.45) is 50.7 Å². The number of fused-ring (bicyclic) bond motifs is 7. The van der Waals surface area contributed by atoms with Gasteiger partial charge in [0.2, 0.25) is 5.91 Å². The molecule has 0 aliphatic heterocycles. The number of nitrogens with one attached hydrogen (secondary N) is 1. The van der Waals surface area contributed by atoms with Gasteiger partial charge in [-0.2, -0.15) is 0 Å². The first-order valence-corrected chi connectivity index (χ1v) is 19.6. The van der Waals surface area contributed by atoms with Gasteiger partial charge in [-0.1, -0.05) is 65.3 Å². The summed E-state index contributed by atoms with van der Waals surface area (Å²) < 4.78 is 0. The molecular formula is C48H70N2O3. The Kier molecular flexibility index (Phi) is 15.9. The van der Waals surface area contributed by atoms with E-state index in [1.807, 2.05) is 33.2 Å². The third-order valence-corrected chi connectivity index (χ3v) is 15.1. The molecule has 5 heteroatoms. The molecule has 2 N–H and O–H groups in total. The number of aromatic carboxylic acids is 1. The molecule has 5 aliphatic rings. The fraction of sp³-hybridized carbons (Fsp3) is 0.625.